The number of rotatable bonds is 5. The second kappa shape index (κ2) is 9.87. The van der Waals surface area contributed by atoms with Gasteiger partial charge in [-0.25, -0.2) is 4.79 Å². The minimum Gasteiger partial charge on any atom is -0.352 e. The summed E-state index contributed by atoms with van der Waals surface area (Å²) in [7, 11) is 2.09. The van der Waals surface area contributed by atoms with Gasteiger partial charge in [-0.2, -0.15) is 0 Å². The molecule has 9 nitrogen and oxygen atoms in total. The van der Waals surface area contributed by atoms with Crippen molar-refractivity contribution < 1.29 is 9.59 Å². The van der Waals surface area contributed by atoms with E-state index in [1.54, 1.807) is 6.07 Å². The molecule has 3 rings (SSSR count). The standard InChI is InChI=1S/C20H33N7O2/c1-16(2)6-7-21-19(28)17-4-5-18(23-22-17)25-12-14-27(15-13-25)20(29)26-10-8-24(3)9-11-26/h4-5,16H,6-15H2,1-3H3,(H,21,28). The molecule has 1 aromatic rings. The van der Waals surface area contributed by atoms with Crippen molar-refractivity contribution in [3.63, 3.8) is 0 Å². The Morgan fingerprint density at radius 2 is 1.59 bits per heavy atom. The predicted molar refractivity (Wildman–Crippen MR) is 112 cm³/mol. The maximum Gasteiger partial charge on any atom is 0.320 e. The van der Waals surface area contributed by atoms with Crippen molar-refractivity contribution in [2.75, 3.05) is 70.9 Å². The Labute approximate surface area is 173 Å². The van der Waals surface area contributed by atoms with Crippen LogP contribution in [0.5, 0.6) is 0 Å². The van der Waals surface area contributed by atoms with E-state index in [0.717, 1.165) is 38.4 Å². The highest BCUT2D eigenvalue weighted by molar-refractivity contribution is 5.92. The molecule has 0 spiro atoms. The first-order valence-electron chi connectivity index (χ1n) is 10.5. The highest BCUT2D eigenvalue weighted by atomic mass is 16.2. The van der Waals surface area contributed by atoms with E-state index in [4.69, 9.17) is 0 Å². The van der Waals surface area contributed by atoms with Crippen LogP contribution in [0, 0.1) is 5.92 Å². The molecule has 3 amide bonds. The molecule has 9 heteroatoms. The minimum atomic E-state index is -0.188. The van der Waals surface area contributed by atoms with Crippen molar-refractivity contribution in [1.82, 2.24) is 30.2 Å². The van der Waals surface area contributed by atoms with E-state index in [0.29, 0.717) is 44.3 Å². The van der Waals surface area contributed by atoms with Gasteiger partial charge in [0.2, 0.25) is 0 Å². The van der Waals surface area contributed by atoms with Crippen LogP contribution in [0.4, 0.5) is 10.6 Å². The van der Waals surface area contributed by atoms with Crippen molar-refractivity contribution in [2.45, 2.75) is 20.3 Å². The highest BCUT2D eigenvalue weighted by Crippen LogP contribution is 2.14. The van der Waals surface area contributed by atoms with Gasteiger partial charge in [0.25, 0.3) is 5.91 Å². The molecule has 0 atom stereocenters. The largest absolute Gasteiger partial charge is 0.352 e. The molecule has 2 aliphatic rings. The second-order valence-corrected chi connectivity index (χ2v) is 8.26. The molecule has 0 aliphatic carbocycles. The molecule has 3 heterocycles. The van der Waals surface area contributed by atoms with Crippen LogP contribution in [0.3, 0.4) is 0 Å². The lowest BCUT2D eigenvalue weighted by Gasteiger charge is -2.40. The molecule has 2 fully saturated rings. The lowest BCUT2D eigenvalue weighted by atomic mass is 10.1. The Balaban J connectivity index is 1.47. The Hall–Kier alpha value is -2.42. The molecule has 0 bridgehead atoms. The molecular formula is C20H33N7O2. The number of hydrogen-bond donors (Lipinski definition) is 1. The zero-order valence-electron chi connectivity index (χ0n) is 17.8. The zero-order chi connectivity index (χ0) is 20.8. The van der Waals surface area contributed by atoms with Crippen molar-refractivity contribution in [1.29, 1.82) is 0 Å². The molecule has 2 saturated heterocycles. The van der Waals surface area contributed by atoms with Crippen LogP contribution in [-0.4, -0.2) is 103 Å². The van der Waals surface area contributed by atoms with E-state index < -0.39 is 0 Å². The number of amides is 3. The molecule has 0 unspecified atom stereocenters. The van der Waals surface area contributed by atoms with E-state index in [2.05, 4.69) is 46.2 Å². The van der Waals surface area contributed by atoms with Crippen LogP contribution < -0.4 is 10.2 Å². The van der Waals surface area contributed by atoms with Gasteiger partial charge >= 0.3 is 6.03 Å². The first-order chi connectivity index (χ1) is 13.9. The summed E-state index contributed by atoms with van der Waals surface area (Å²) in [5, 5.41) is 11.2. The van der Waals surface area contributed by atoms with E-state index in [9.17, 15) is 9.59 Å². The van der Waals surface area contributed by atoms with E-state index in [1.807, 2.05) is 15.9 Å². The number of carbonyl (C=O) groups excluding carboxylic acids is 2. The molecule has 1 aromatic heterocycles. The Morgan fingerprint density at radius 1 is 0.966 bits per heavy atom. The van der Waals surface area contributed by atoms with E-state index in [1.165, 1.54) is 0 Å². The number of nitrogens with zero attached hydrogens (tertiary/aromatic N) is 6. The summed E-state index contributed by atoms with van der Waals surface area (Å²) in [6.45, 7) is 11.1. The first kappa shape index (κ1) is 21.3. The fourth-order valence-corrected chi connectivity index (χ4v) is 3.50. The van der Waals surface area contributed by atoms with Crippen molar-refractivity contribution in [3.05, 3.63) is 17.8 Å². The van der Waals surface area contributed by atoms with Crippen molar-refractivity contribution >= 4 is 17.8 Å². The molecular weight excluding hydrogens is 370 g/mol. The first-order valence-corrected chi connectivity index (χ1v) is 10.5. The summed E-state index contributed by atoms with van der Waals surface area (Å²) < 4.78 is 0. The molecule has 0 saturated carbocycles. The van der Waals surface area contributed by atoms with Crippen LogP contribution in [0.2, 0.25) is 0 Å². The monoisotopic (exact) mass is 403 g/mol. The third-order valence-corrected chi connectivity index (χ3v) is 5.54. The zero-order valence-corrected chi connectivity index (χ0v) is 17.8. The quantitative estimate of drug-likeness (QED) is 0.781. The number of likely N-dealkylation sites (N-methyl/N-ethyl adjacent to an activating group) is 1. The summed E-state index contributed by atoms with van der Waals surface area (Å²) in [4.78, 5) is 33.0. The number of hydrogen-bond acceptors (Lipinski definition) is 6. The molecule has 29 heavy (non-hydrogen) atoms. The van der Waals surface area contributed by atoms with Gasteiger partial charge in [0.15, 0.2) is 11.5 Å². The average molecular weight is 404 g/mol. The average Bonchev–Trinajstić information content (AvgIpc) is 2.74. The lowest BCUT2D eigenvalue weighted by Crippen LogP contribution is -2.56. The lowest BCUT2D eigenvalue weighted by molar-refractivity contribution is 0.0945. The SMILES string of the molecule is CC(C)CCNC(=O)c1ccc(N2CCN(C(=O)N3CCN(C)CC3)CC2)nn1. The normalized spacial score (nSPS) is 18.3. The fraction of sp³-hybridized carbons (Fsp3) is 0.700. The van der Waals surface area contributed by atoms with Crippen molar-refractivity contribution in [3.8, 4) is 0 Å². The second-order valence-electron chi connectivity index (χ2n) is 8.26. The van der Waals surface area contributed by atoms with Gasteiger partial charge in [-0.1, -0.05) is 13.8 Å². The number of carbonyl (C=O) groups is 2. The fourth-order valence-electron chi connectivity index (χ4n) is 3.50. The number of anilines is 1. The number of aromatic nitrogens is 2. The number of piperazine rings is 2. The van der Waals surface area contributed by atoms with Crippen molar-refractivity contribution in [2.24, 2.45) is 5.92 Å². The van der Waals surface area contributed by atoms with Gasteiger partial charge in [0.05, 0.1) is 0 Å². The molecule has 160 valence electrons. The summed E-state index contributed by atoms with van der Waals surface area (Å²) in [6, 6.07) is 3.69. The van der Waals surface area contributed by atoms with Gasteiger partial charge in [0.1, 0.15) is 0 Å². The Bertz CT molecular complexity index is 679. The third-order valence-electron chi connectivity index (χ3n) is 5.54. The maximum atomic E-state index is 12.7. The predicted octanol–water partition coefficient (Wildman–Crippen LogP) is 0.742. The van der Waals surface area contributed by atoms with Crippen LogP contribution >= 0.6 is 0 Å². The summed E-state index contributed by atoms with van der Waals surface area (Å²) in [5.74, 6) is 1.10. The molecule has 1 N–H and O–H groups in total. The minimum absolute atomic E-state index is 0.136. The smallest absolute Gasteiger partial charge is 0.320 e. The van der Waals surface area contributed by atoms with Crippen LogP contribution in [0.1, 0.15) is 30.8 Å². The van der Waals surface area contributed by atoms with E-state index in [-0.39, 0.29) is 11.9 Å². The Kier molecular flexibility index (Phi) is 7.24. The van der Waals surface area contributed by atoms with Crippen LogP contribution in [0.15, 0.2) is 12.1 Å². The summed E-state index contributed by atoms with van der Waals surface area (Å²) in [5.41, 5.74) is 0.335. The van der Waals surface area contributed by atoms with Gasteiger partial charge in [0, 0.05) is 58.9 Å². The summed E-state index contributed by atoms with van der Waals surface area (Å²) >= 11 is 0. The number of nitrogens with one attached hydrogen (secondary N) is 1. The highest BCUT2D eigenvalue weighted by Gasteiger charge is 2.27. The summed E-state index contributed by atoms with van der Waals surface area (Å²) in [6.07, 6.45) is 0.939. The van der Waals surface area contributed by atoms with Crippen LogP contribution in [0.25, 0.3) is 0 Å². The maximum absolute atomic E-state index is 12.7. The number of urea groups is 1. The topological polar surface area (TPSA) is 84.9 Å². The van der Waals surface area contributed by atoms with Gasteiger partial charge in [-0.15, -0.1) is 10.2 Å². The third kappa shape index (κ3) is 5.79. The van der Waals surface area contributed by atoms with Gasteiger partial charge in [-0.05, 0) is 31.5 Å². The van der Waals surface area contributed by atoms with Gasteiger partial charge < -0.3 is 24.9 Å². The molecule has 0 radical (unpaired) electrons. The van der Waals surface area contributed by atoms with Crippen LogP contribution in [-0.2, 0) is 0 Å². The molecule has 0 aromatic carbocycles. The Morgan fingerprint density at radius 3 is 2.14 bits per heavy atom. The van der Waals surface area contributed by atoms with Gasteiger partial charge in [-0.3, -0.25) is 4.79 Å². The molecule has 2 aliphatic heterocycles. The van der Waals surface area contributed by atoms with E-state index >= 15 is 0 Å².